The SMILES string of the molecule is CCN(Cc1cc(Br)ccc1F)C(=O)c1ccc(C)c(S(=O)(=O)N2CCOCC2)c1. The largest absolute Gasteiger partial charge is 0.379 e. The Bertz CT molecular complexity index is 1040. The Labute approximate surface area is 184 Å². The van der Waals surface area contributed by atoms with Gasteiger partial charge in [0.15, 0.2) is 0 Å². The van der Waals surface area contributed by atoms with Gasteiger partial charge in [-0.05, 0) is 49.7 Å². The number of ether oxygens (including phenoxy) is 1. The number of rotatable bonds is 6. The first kappa shape index (κ1) is 22.9. The van der Waals surface area contributed by atoms with Gasteiger partial charge in [-0.25, -0.2) is 12.8 Å². The van der Waals surface area contributed by atoms with Crippen LogP contribution in [0.25, 0.3) is 0 Å². The Morgan fingerprint density at radius 2 is 1.90 bits per heavy atom. The molecule has 0 bridgehead atoms. The quantitative estimate of drug-likeness (QED) is 0.610. The average molecular weight is 499 g/mol. The number of amides is 1. The minimum atomic E-state index is -3.74. The van der Waals surface area contributed by atoms with Crippen molar-refractivity contribution in [2.45, 2.75) is 25.3 Å². The molecule has 1 heterocycles. The fourth-order valence-electron chi connectivity index (χ4n) is 3.32. The van der Waals surface area contributed by atoms with E-state index in [9.17, 15) is 17.6 Å². The van der Waals surface area contributed by atoms with Gasteiger partial charge in [-0.2, -0.15) is 4.31 Å². The van der Waals surface area contributed by atoms with Crippen LogP contribution in [0.5, 0.6) is 0 Å². The fourth-order valence-corrected chi connectivity index (χ4v) is 5.38. The molecule has 6 nitrogen and oxygen atoms in total. The number of aryl methyl sites for hydroxylation is 1. The first-order valence-electron chi connectivity index (χ1n) is 9.65. The maximum atomic E-state index is 14.2. The van der Waals surface area contributed by atoms with Gasteiger partial charge >= 0.3 is 0 Å². The van der Waals surface area contributed by atoms with Crippen molar-refractivity contribution >= 4 is 31.9 Å². The number of hydrogen-bond acceptors (Lipinski definition) is 4. The molecule has 0 N–H and O–H groups in total. The maximum Gasteiger partial charge on any atom is 0.254 e. The molecule has 1 amide bonds. The van der Waals surface area contributed by atoms with E-state index in [-0.39, 0.29) is 36.0 Å². The van der Waals surface area contributed by atoms with E-state index < -0.39 is 15.8 Å². The molecule has 1 saturated heterocycles. The number of nitrogens with zero attached hydrogens (tertiary/aromatic N) is 2. The van der Waals surface area contributed by atoms with Crippen molar-refractivity contribution in [1.82, 2.24) is 9.21 Å². The van der Waals surface area contributed by atoms with Crippen LogP contribution in [0.2, 0.25) is 0 Å². The summed E-state index contributed by atoms with van der Waals surface area (Å²) in [7, 11) is -3.74. The molecule has 9 heteroatoms. The van der Waals surface area contributed by atoms with Crippen LogP contribution >= 0.6 is 15.9 Å². The molecule has 3 rings (SSSR count). The molecule has 0 unspecified atom stereocenters. The Balaban J connectivity index is 1.90. The molecule has 0 radical (unpaired) electrons. The molecular weight excluding hydrogens is 475 g/mol. The van der Waals surface area contributed by atoms with Gasteiger partial charge < -0.3 is 9.64 Å². The van der Waals surface area contributed by atoms with Gasteiger partial charge in [0.1, 0.15) is 5.82 Å². The molecule has 1 aliphatic heterocycles. The van der Waals surface area contributed by atoms with Crippen molar-refractivity contribution in [2.24, 2.45) is 0 Å². The van der Waals surface area contributed by atoms with Crippen LogP contribution in [0, 0.1) is 12.7 Å². The minimum absolute atomic E-state index is 0.0834. The summed E-state index contributed by atoms with van der Waals surface area (Å²) in [6.07, 6.45) is 0. The van der Waals surface area contributed by atoms with E-state index in [2.05, 4.69) is 15.9 Å². The predicted octanol–water partition coefficient (Wildman–Crippen LogP) is 3.58. The molecule has 30 heavy (non-hydrogen) atoms. The summed E-state index contributed by atoms with van der Waals surface area (Å²) in [5.41, 5.74) is 1.21. The van der Waals surface area contributed by atoms with Gasteiger partial charge in [-0.1, -0.05) is 22.0 Å². The van der Waals surface area contributed by atoms with Crippen molar-refractivity contribution in [2.75, 3.05) is 32.8 Å². The molecule has 2 aromatic carbocycles. The molecular formula is C21H24BrFN2O4S. The number of morpholine rings is 1. The van der Waals surface area contributed by atoms with Gasteiger partial charge in [-0.15, -0.1) is 0 Å². The highest BCUT2D eigenvalue weighted by Gasteiger charge is 2.29. The molecule has 1 aliphatic rings. The summed E-state index contributed by atoms with van der Waals surface area (Å²) in [5.74, 6) is -0.751. The molecule has 1 fully saturated rings. The number of carbonyl (C=O) groups excluding carboxylic acids is 1. The first-order valence-corrected chi connectivity index (χ1v) is 11.9. The van der Waals surface area contributed by atoms with Crippen LogP contribution in [-0.4, -0.2) is 56.4 Å². The molecule has 0 spiro atoms. The lowest BCUT2D eigenvalue weighted by atomic mass is 10.1. The highest BCUT2D eigenvalue weighted by atomic mass is 79.9. The van der Waals surface area contributed by atoms with Crippen LogP contribution in [0.15, 0.2) is 45.8 Å². The van der Waals surface area contributed by atoms with Gasteiger partial charge in [0.05, 0.1) is 18.1 Å². The fraction of sp³-hybridized carbons (Fsp3) is 0.381. The van der Waals surface area contributed by atoms with E-state index in [4.69, 9.17) is 4.74 Å². The number of benzene rings is 2. The lowest BCUT2D eigenvalue weighted by Crippen LogP contribution is -2.41. The maximum absolute atomic E-state index is 14.2. The van der Waals surface area contributed by atoms with E-state index in [0.29, 0.717) is 30.9 Å². The van der Waals surface area contributed by atoms with Crippen molar-refractivity contribution in [3.63, 3.8) is 0 Å². The third-order valence-corrected chi connectivity index (χ3v) is 7.59. The predicted molar refractivity (Wildman–Crippen MR) is 115 cm³/mol. The lowest BCUT2D eigenvalue weighted by molar-refractivity contribution is 0.0729. The molecule has 0 aromatic heterocycles. The number of carbonyl (C=O) groups is 1. The normalized spacial score (nSPS) is 15.2. The van der Waals surface area contributed by atoms with Crippen molar-refractivity contribution < 1.29 is 22.3 Å². The van der Waals surface area contributed by atoms with Gasteiger partial charge in [0.25, 0.3) is 5.91 Å². The summed E-state index contributed by atoms with van der Waals surface area (Å²) < 4.78 is 47.7. The number of sulfonamides is 1. The summed E-state index contributed by atoms with van der Waals surface area (Å²) >= 11 is 3.32. The standard InChI is InChI=1S/C21H24BrFN2O4S/c1-3-24(14-17-12-18(22)6-7-19(17)23)21(26)16-5-4-15(2)20(13-16)30(27,28)25-8-10-29-11-9-25/h4-7,12-13H,3,8-11,14H2,1-2H3. The molecule has 0 aliphatic carbocycles. The average Bonchev–Trinajstić information content (AvgIpc) is 2.74. The van der Waals surface area contributed by atoms with Crippen molar-refractivity contribution in [3.05, 3.63) is 63.4 Å². The van der Waals surface area contributed by atoms with E-state index in [1.54, 1.807) is 38.1 Å². The molecule has 2 aromatic rings. The summed E-state index contributed by atoms with van der Waals surface area (Å²) in [6, 6.07) is 9.23. The van der Waals surface area contributed by atoms with Crippen molar-refractivity contribution in [1.29, 1.82) is 0 Å². The second-order valence-electron chi connectivity index (χ2n) is 7.05. The zero-order valence-corrected chi connectivity index (χ0v) is 19.3. The Morgan fingerprint density at radius 3 is 2.57 bits per heavy atom. The van der Waals surface area contributed by atoms with Gasteiger partial charge in [-0.3, -0.25) is 4.79 Å². The molecule has 162 valence electrons. The first-order chi connectivity index (χ1) is 14.2. The summed E-state index contributed by atoms with van der Waals surface area (Å²) in [6.45, 7) is 5.19. The Morgan fingerprint density at radius 1 is 1.20 bits per heavy atom. The van der Waals surface area contributed by atoms with E-state index in [1.165, 1.54) is 21.3 Å². The Kier molecular flexibility index (Phi) is 7.28. The van der Waals surface area contributed by atoms with E-state index in [0.717, 1.165) is 4.47 Å². The summed E-state index contributed by atoms with van der Waals surface area (Å²) in [4.78, 5) is 14.7. The second-order valence-corrected chi connectivity index (χ2v) is 9.87. The zero-order chi connectivity index (χ0) is 21.9. The van der Waals surface area contributed by atoms with E-state index in [1.807, 2.05) is 0 Å². The second kappa shape index (κ2) is 9.55. The van der Waals surface area contributed by atoms with Crippen LogP contribution in [0.3, 0.4) is 0 Å². The molecule has 0 atom stereocenters. The number of hydrogen-bond donors (Lipinski definition) is 0. The van der Waals surface area contributed by atoms with Crippen LogP contribution in [-0.2, 0) is 21.3 Å². The minimum Gasteiger partial charge on any atom is -0.379 e. The van der Waals surface area contributed by atoms with Gasteiger partial charge in [0, 0.05) is 41.8 Å². The highest BCUT2D eigenvalue weighted by Crippen LogP contribution is 2.24. The van der Waals surface area contributed by atoms with Crippen molar-refractivity contribution in [3.8, 4) is 0 Å². The molecule has 0 saturated carbocycles. The van der Waals surface area contributed by atoms with E-state index >= 15 is 0 Å². The van der Waals surface area contributed by atoms with Crippen LogP contribution in [0.4, 0.5) is 4.39 Å². The zero-order valence-electron chi connectivity index (χ0n) is 16.9. The Hall–Kier alpha value is -1.81. The van der Waals surface area contributed by atoms with Crippen LogP contribution < -0.4 is 0 Å². The monoisotopic (exact) mass is 498 g/mol. The van der Waals surface area contributed by atoms with Crippen LogP contribution in [0.1, 0.15) is 28.4 Å². The third-order valence-electron chi connectivity index (χ3n) is 5.06. The van der Waals surface area contributed by atoms with Gasteiger partial charge in [0.2, 0.25) is 10.0 Å². The lowest BCUT2D eigenvalue weighted by Gasteiger charge is -2.27. The summed E-state index contributed by atoms with van der Waals surface area (Å²) in [5, 5.41) is 0. The highest BCUT2D eigenvalue weighted by molar-refractivity contribution is 9.10. The third kappa shape index (κ3) is 4.91. The topological polar surface area (TPSA) is 66.9 Å². The number of halogens is 2. The smallest absolute Gasteiger partial charge is 0.254 e.